The largest absolute Gasteiger partial charge is 0.496 e. The maximum Gasteiger partial charge on any atom is 0.123 e. The van der Waals surface area contributed by atoms with E-state index < -0.39 is 0 Å². The minimum atomic E-state index is 0. The van der Waals surface area contributed by atoms with Crippen molar-refractivity contribution in [2.24, 2.45) is 5.73 Å². The molecule has 0 spiro atoms. The Labute approximate surface area is 217 Å². The van der Waals surface area contributed by atoms with Crippen molar-refractivity contribution in [2.75, 3.05) is 46.4 Å². The summed E-state index contributed by atoms with van der Waals surface area (Å²) in [5, 5.41) is 10.7. The summed E-state index contributed by atoms with van der Waals surface area (Å²) in [6, 6.07) is 8.24. The third-order valence-corrected chi connectivity index (χ3v) is 6.23. The van der Waals surface area contributed by atoms with Gasteiger partial charge in [0.2, 0.25) is 0 Å². The average molecular weight is 499 g/mol. The van der Waals surface area contributed by atoms with Crippen molar-refractivity contribution in [1.82, 2.24) is 16.0 Å². The molecular weight excluding hydrogens is 444 g/mol. The van der Waals surface area contributed by atoms with Crippen molar-refractivity contribution in [3.63, 3.8) is 0 Å². The van der Waals surface area contributed by atoms with E-state index in [1.807, 2.05) is 12.1 Å². The number of rotatable bonds is 25. The monoisotopic (exact) mass is 498 g/mol. The summed E-state index contributed by atoms with van der Waals surface area (Å²) in [5.74, 6) is 0.976. The first kappa shape index (κ1) is 33.1. The van der Waals surface area contributed by atoms with Crippen LogP contribution >= 0.6 is 12.4 Å². The summed E-state index contributed by atoms with van der Waals surface area (Å²) in [5.41, 5.74) is 6.75. The average Bonchev–Trinajstić information content (AvgIpc) is 2.84. The van der Waals surface area contributed by atoms with Crippen LogP contribution in [0.4, 0.5) is 0 Å². The van der Waals surface area contributed by atoms with E-state index in [9.17, 15) is 0 Å². The molecule has 0 heterocycles. The van der Waals surface area contributed by atoms with E-state index in [1.54, 1.807) is 7.11 Å². The van der Waals surface area contributed by atoms with Crippen molar-refractivity contribution in [3.05, 3.63) is 29.8 Å². The molecule has 1 aromatic carbocycles. The minimum Gasteiger partial charge on any atom is -0.496 e. The molecule has 1 aromatic rings. The predicted molar refractivity (Wildman–Crippen MR) is 151 cm³/mol. The molecule has 6 heteroatoms. The van der Waals surface area contributed by atoms with Crippen LogP contribution in [-0.2, 0) is 6.54 Å². The highest BCUT2D eigenvalue weighted by molar-refractivity contribution is 5.85. The van der Waals surface area contributed by atoms with Crippen LogP contribution in [0, 0.1) is 0 Å². The molecule has 200 valence electrons. The van der Waals surface area contributed by atoms with Gasteiger partial charge in [0.25, 0.3) is 0 Å². The van der Waals surface area contributed by atoms with Crippen LogP contribution < -0.4 is 26.4 Å². The number of para-hydroxylation sites is 1. The molecule has 5 N–H and O–H groups in total. The summed E-state index contributed by atoms with van der Waals surface area (Å²) in [7, 11) is 1.74. The Hall–Kier alpha value is -0.850. The molecule has 0 saturated carbocycles. The second-order valence-electron chi connectivity index (χ2n) is 9.23. The number of ether oxygens (including phenoxy) is 1. The van der Waals surface area contributed by atoms with Gasteiger partial charge in [0.05, 0.1) is 7.11 Å². The summed E-state index contributed by atoms with van der Waals surface area (Å²) >= 11 is 0. The smallest absolute Gasteiger partial charge is 0.123 e. The molecule has 0 saturated heterocycles. The van der Waals surface area contributed by atoms with E-state index in [0.29, 0.717) is 0 Å². The van der Waals surface area contributed by atoms with Gasteiger partial charge in [-0.3, -0.25) is 0 Å². The van der Waals surface area contributed by atoms with E-state index in [1.165, 1.54) is 122 Å². The van der Waals surface area contributed by atoms with Gasteiger partial charge in [-0.25, -0.2) is 0 Å². The highest BCUT2D eigenvalue weighted by Crippen LogP contribution is 2.16. The maximum atomic E-state index is 5.51. The zero-order valence-electron chi connectivity index (χ0n) is 22.1. The zero-order chi connectivity index (χ0) is 23.7. The lowest BCUT2D eigenvalue weighted by atomic mass is 10.1. The number of halogens is 1. The van der Waals surface area contributed by atoms with Crippen LogP contribution in [0.25, 0.3) is 0 Å². The molecule has 0 aliphatic rings. The van der Waals surface area contributed by atoms with Crippen LogP contribution in [0.1, 0.15) is 95.5 Å². The summed E-state index contributed by atoms with van der Waals surface area (Å²) < 4.78 is 5.40. The first-order chi connectivity index (χ1) is 16.4. The molecule has 0 aromatic heterocycles. The van der Waals surface area contributed by atoms with Gasteiger partial charge in [0, 0.05) is 12.1 Å². The van der Waals surface area contributed by atoms with E-state index in [0.717, 1.165) is 25.4 Å². The van der Waals surface area contributed by atoms with Crippen molar-refractivity contribution in [1.29, 1.82) is 0 Å². The third-order valence-electron chi connectivity index (χ3n) is 6.23. The highest BCUT2D eigenvalue weighted by Gasteiger charge is 2.00. The number of benzene rings is 1. The van der Waals surface area contributed by atoms with E-state index in [4.69, 9.17) is 10.5 Å². The summed E-state index contributed by atoms with van der Waals surface area (Å²) in [6.07, 6.45) is 18.5. The first-order valence-electron chi connectivity index (χ1n) is 13.8. The molecule has 34 heavy (non-hydrogen) atoms. The van der Waals surface area contributed by atoms with Crippen LogP contribution in [0.3, 0.4) is 0 Å². The number of nitrogens with one attached hydrogen (secondary N) is 3. The Morgan fingerprint density at radius 1 is 0.588 bits per heavy atom. The van der Waals surface area contributed by atoms with Gasteiger partial charge in [-0.1, -0.05) is 69.6 Å². The molecule has 0 unspecified atom stereocenters. The Balaban J connectivity index is 0.0000109. The molecule has 0 radical (unpaired) electrons. The third kappa shape index (κ3) is 20.5. The molecule has 0 amide bonds. The zero-order valence-corrected chi connectivity index (χ0v) is 22.9. The van der Waals surface area contributed by atoms with E-state index in [2.05, 4.69) is 28.1 Å². The van der Waals surface area contributed by atoms with E-state index in [-0.39, 0.29) is 12.4 Å². The van der Waals surface area contributed by atoms with Gasteiger partial charge in [0.1, 0.15) is 5.75 Å². The second-order valence-corrected chi connectivity index (χ2v) is 9.23. The molecule has 0 atom stereocenters. The predicted octanol–water partition coefficient (Wildman–Crippen LogP) is 5.81. The fraction of sp³-hybridized carbons (Fsp3) is 0.786. The number of nitrogens with two attached hydrogens (primary N) is 1. The Bertz CT molecular complexity index is 533. The summed E-state index contributed by atoms with van der Waals surface area (Å²) in [4.78, 5) is 0. The quantitative estimate of drug-likeness (QED) is 0.128. The molecule has 0 aliphatic carbocycles. The van der Waals surface area contributed by atoms with Gasteiger partial charge in [-0.2, -0.15) is 0 Å². The fourth-order valence-electron chi connectivity index (χ4n) is 4.13. The molecule has 0 aliphatic heterocycles. The first-order valence-corrected chi connectivity index (χ1v) is 13.8. The van der Waals surface area contributed by atoms with Gasteiger partial charge in [-0.15, -0.1) is 12.4 Å². The number of methoxy groups -OCH3 is 1. The van der Waals surface area contributed by atoms with Crippen LogP contribution in [0.2, 0.25) is 0 Å². The number of hydrogen-bond acceptors (Lipinski definition) is 5. The standard InChI is InChI=1S/C28H54N4O.ClH/c1-33-28-19-11-10-18-27(28)26-32-25-17-9-8-16-24-31-22-14-6-3-2-5-13-21-30-23-15-7-4-12-20-29;/h10-11,18-19,30-32H,2-9,12-17,20-26,29H2,1H3;1H. The van der Waals surface area contributed by atoms with Gasteiger partial charge < -0.3 is 26.4 Å². The topological polar surface area (TPSA) is 71.3 Å². The minimum absolute atomic E-state index is 0. The highest BCUT2D eigenvalue weighted by atomic mass is 35.5. The lowest BCUT2D eigenvalue weighted by Crippen LogP contribution is -2.17. The van der Waals surface area contributed by atoms with E-state index >= 15 is 0 Å². The maximum absolute atomic E-state index is 5.51. The van der Waals surface area contributed by atoms with Crippen molar-refractivity contribution < 1.29 is 4.74 Å². The lowest BCUT2D eigenvalue weighted by molar-refractivity contribution is 0.407. The van der Waals surface area contributed by atoms with Crippen molar-refractivity contribution in [3.8, 4) is 5.75 Å². The Kier molecular flexibility index (Phi) is 26.1. The second kappa shape index (κ2) is 26.7. The Morgan fingerprint density at radius 3 is 1.47 bits per heavy atom. The normalized spacial score (nSPS) is 10.9. The SMILES string of the molecule is COc1ccccc1CNCCCCCCNCCCCCCCCNCCCCCCN.Cl. The van der Waals surface area contributed by atoms with Crippen LogP contribution in [-0.4, -0.2) is 46.4 Å². The van der Waals surface area contributed by atoms with Crippen molar-refractivity contribution >= 4 is 12.4 Å². The number of hydrogen-bond donors (Lipinski definition) is 4. The van der Waals surface area contributed by atoms with Crippen LogP contribution in [0.5, 0.6) is 5.75 Å². The fourth-order valence-corrected chi connectivity index (χ4v) is 4.13. The molecule has 0 bridgehead atoms. The van der Waals surface area contributed by atoms with Crippen molar-refractivity contribution in [2.45, 2.75) is 96.4 Å². The number of unbranched alkanes of at least 4 members (excludes halogenated alkanes) is 11. The molecule has 5 nitrogen and oxygen atoms in total. The van der Waals surface area contributed by atoms with Gasteiger partial charge >= 0.3 is 0 Å². The molecular formula is C28H55ClN4O. The Morgan fingerprint density at radius 2 is 1.00 bits per heavy atom. The lowest BCUT2D eigenvalue weighted by Gasteiger charge is -2.09. The van der Waals surface area contributed by atoms with Gasteiger partial charge in [0.15, 0.2) is 0 Å². The van der Waals surface area contributed by atoms with Gasteiger partial charge in [-0.05, 0) is 83.9 Å². The molecule has 0 fully saturated rings. The summed E-state index contributed by atoms with van der Waals surface area (Å²) in [6.45, 7) is 7.54. The van der Waals surface area contributed by atoms with Crippen LogP contribution in [0.15, 0.2) is 24.3 Å². The molecule has 1 rings (SSSR count).